The number of ether oxygens (including phenoxy) is 2. The van der Waals surface area contributed by atoms with E-state index in [1.807, 2.05) is 27.7 Å². The number of esters is 2. The fourth-order valence-electron chi connectivity index (χ4n) is 6.59. The molecule has 292 valence electrons. The van der Waals surface area contributed by atoms with Crippen molar-refractivity contribution in [3.05, 3.63) is 12.2 Å². The Morgan fingerprint density at radius 2 is 1.53 bits per heavy atom. The third-order valence-corrected chi connectivity index (χ3v) is 10.4. The van der Waals surface area contributed by atoms with Gasteiger partial charge in [0.15, 0.2) is 6.10 Å². The van der Waals surface area contributed by atoms with Crippen LogP contribution >= 0.6 is 7.82 Å². The van der Waals surface area contributed by atoms with Gasteiger partial charge in [-0.15, -0.1) is 4.67 Å². The molecule has 51 heavy (non-hydrogen) atoms. The van der Waals surface area contributed by atoms with E-state index in [1.54, 1.807) is 27.7 Å². The second-order valence-electron chi connectivity index (χ2n) is 16.3. The van der Waals surface area contributed by atoms with E-state index in [4.69, 9.17) is 23.2 Å². The van der Waals surface area contributed by atoms with Gasteiger partial charge in [0.2, 0.25) is 5.91 Å². The maximum atomic E-state index is 13.4. The molecule has 1 fully saturated rings. The fraction of sp³-hybridized carbons (Fsp3) is 0.806. The van der Waals surface area contributed by atoms with Crippen LogP contribution in [-0.4, -0.2) is 80.7 Å². The van der Waals surface area contributed by atoms with Gasteiger partial charge in [-0.25, -0.2) is 9.45 Å². The van der Waals surface area contributed by atoms with Gasteiger partial charge in [-0.2, -0.15) is 0 Å². The van der Waals surface area contributed by atoms with Crippen LogP contribution in [0.1, 0.15) is 107 Å². The minimum absolute atomic E-state index is 0.01000. The summed E-state index contributed by atoms with van der Waals surface area (Å²) in [6.07, 6.45) is 5.98. The van der Waals surface area contributed by atoms with Crippen LogP contribution in [0.25, 0.3) is 0 Å². The van der Waals surface area contributed by atoms with Crippen molar-refractivity contribution >= 4 is 37.5 Å². The first-order valence-corrected chi connectivity index (χ1v) is 19.4. The van der Waals surface area contributed by atoms with Crippen molar-refractivity contribution in [2.24, 2.45) is 34.0 Å². The molecule has 3 atom stereocenters. The molecule has 0 saturated heterocycles. The summed E-state index contributed by atoms with van der Waals surface area (Å²) < 4.78 is 40.5. The van der Waals surface area contributed by atoms with E-state index in [9.17, 15) is 28.5 Å². The summed E-state index contributed by atoms with van der Waals surface area (Å²) in [5.41, 5.74) is -1.86. The second kappa shape index (κ2) is 19.4. The first-order chi connectivity index (χ1) is 23.6. The highest BCUT2D eigenvalue weighted by atomic mass is 31.2. The molecule has 0 radical (unpaired) electrons. The number of carbonyl (C=O) groups is 5. The van der Waals surface area contributed by atoms with E-state index in [0.29, 0.717) is 51.0 Å². The smallest absolute Gasteiger partial charge is 0.461 e. The molecule has 3 amide bonds. The molecule has 14 nitrogen and oxygen atoms in total. The number of nitrogens with zero attached hydrogens (tertiary/aromatic N) is 1. The summed E-state index contributed by atoms with van der Waals surface area (Å²) in [5, 5.41) is 2.77. The molecular weight excluding hydrogens is 683 g/mol. The van der Waals surface area contributed by atoms with Crippen molar-refractivity contribution in [3.63, 3.8) is 0 Å². The van der Waals surface area contributed by atoms with Gasteiger partial charge in [-0.05, 0) is 83.5 Å². The molecule has 2 aliphatic rings. The van der Waals surface area contributed by atoms with Gasteiger partial charge in [0.05, 0.1) is 31.2 Å². The van der Waals surface area contributed by atoms with Gasteiger partial charge in [-0.1, -0.05) is 41.0 Å². The number of phosphoric acid groups is 1. The van der Waals surface area contributed by atoms with Crippen LogP contribution in [0, 0.1) is 34.0 Å². The average molecular weight is 745 g/mol. The van der Waals surface area contributed by atoms with Crippen LogP contribution in [-0.2, 0) is 56.6 Å². The topological polar surface area (TPSA) is 173 Å². The number of rotatable bonds is 21. The zero-order chi connectivity index (χ0) is 38.6. The van der Waals surface area contributed by atoms with E-state index in [1.165, 1.54) is 17.1 Å². The number of amides is 3. The molecule has 15 heteroatoms. The van der Waals surface area contributed by atoms with E-state index >= 15 is 0 Å². The summed E-state index contributed by atoms with van der Waals surface area (Å²) in [6, 6.07) is 0. The van der Waals surface area contributed by atoms with E-state index in [-0.39, 0.29) is 54.7 Å². The van der Waals surface area contributed by atoms with Crippen molar-refractivity contribution < 1.29 is 56.6 Å². The van der Waals surface area contributed by atoms with Crippen molar-refractivity contribution in [1.29, 1.82) is 0 Å². The maximum Gasteiger partial charge on any atom is 0.502 e. The Morgan fingerprint density at radius 1 is 0.922 bits per heavy atom. The highest BCUT2D eigenvalue weighted by Crippen LogP contribution is 2.49. The summed E-state index contributed by atoms with van der Waals surface area (Å²) in [6.45, 7) is 16.5. The number of imide groups is 1. The molecule has 0 aromatic carbocycles. The summed E-state index contributed by atoms with van der Waals surface area (Å²) in [7, 11) is -3.27. The molecule has 1 heterocycles. The van der Waals surface area contributed by atoms with Gasteiger partial charge in [-0.3, -0.25) is 37.9 Å². The van der Waals surface area contributed by atoms with Gasteiger partial charge in [0.25, 0.3) is 11.8 Å². The lowest BCUT2D eigenvalue weighted by Gasteiger charge is -2.32. The standard InChI is InChI=1S/C36H61N2O12P/c1-11-25(2)20-35(6,7)32(42)46-22-28(49-33(43)36(8,9)24-34(3,4)5)23-48-51(44,50-45-10)47-19-18-37-31(41)27-14-12-26(13-15-27)21-38-29(39)16-17-30(38)40/h16-17,25-28H,11-15,18-24H2,1-10H3,(H,37,41). The lowest BCUT2D eigenvalue weighted by Crippen LogP contribution is -2.39. The van der Waals surface area contributed by atoms with Crippen LogP contribution in [0.3, 0.4) is 0 Å². The van der Waals surface area contributed by atoms with Crippen molar-refractivity contribution in [2.45, 2.75) is 113 Å². The van der Waals surface area contributed by atoms with Crippen LogP contribution in [0.2, 0.25) is 0 Å². The van der Waals surface area contributed by atoms with Crippen LogP contribution < -0.4 is 5.32 Å². The van der Waals surface area contributed by atoms with Gasteiger partial charge in [0, 0.05) is 31.2 Å². The first-order valence-electron chi connectivity index (χ1n) is 17.9. The van der Waals surface area contributed by atoms with E-state index in [2.05, 4.69) is 17.1 Å². The largest absolute Gasteiger partial charge is 0.502 e. The Morgan fingerprint density at radius 3 is 2.08 bits per heavy atom. The lowest BCUT2D eigenvalue weighted by atomic mass is 9.76. The van der Waals surface area contributed by atoms with Crippen molar-refractivity contribution in [2.75, 3.05) is 40.0 Å². The molecular formula is C36H61N2O12P. The van der Waals surface area contributed by atoms with E-state index in [0.717, 1.165) is 13.5 Å². The molecule has 1 aliphatic heterocycles. The maximum absolute atomic E-state index is 13.4. The average Bonchev–Trinajstić information content (AvgIpc) is 3.35. The molecule has 1 N–H and O–H groups in total. The molecule has 2 rings (SSSR count). The Bertz CT molecular complexity index is 1270. The zero-order valence-corrected chi connectivity index (χ0v) is 33.1. The minimum Gasteiger partial charge on any atom is -0.461 e. The van der Waals surface area contributed by atoms with Crippen molar-refractivity contribution in [1.82, 2.24) is 10.2 Å². The number of hydrogen-bond donors (Lipinski definition) is 1. The van der Waals surface area contributed by atoms with Crippen LogP contribution in [0.5, 0.6) is 0 Å². The summed E-state index contributed by atoms with van der Waals surface area (Å²) in [4.78, 5) is 68.8. The second-order valence-corrected chi connectivity index (χ2v) is 17.9. The Kier molecular flexibility index (Phi) is 17.0. The highest BCUT2D eigenvalue weighted by molar-refractivity contribution is 7.48. The van der Waals surface area contributed by atoms with Gasteiger partial charge < -0.3 is 14.8 Å². The number of carbonyl (C=O) groups excluding carboxylic acids is 5. The predicted molar refractivity (Wildman–Crippen MR) is 188 cm³/mol. The molecule has 0 bridgehead atoms. The third-order valence-electron chi connectivity index (χ3n) is 9.10. The Balaban J connectivity index is 1.96. The number of hydrogen-bond acceptors (Lipinski definition) is 12. The third kappa shape index (κ3) is 15.1. The monoisotopic (exact) mass is 744 g/mol. The normalized spacial score (nSPS) is 20.9. The van der Waals surface area contributed by atoms with Crippen LogP contribution in [0.15, 0.2) is 12.2 Å². The molecule has 0 spiro atoms. The Hall–Kier alpha value is -2.64. The highest BCUT2D eigenvalue weighted by Gasteiger charge is 2.39. The van der Waals surface area contributed by atoms with Crippen LogP contribution in [0.4, 0.5) is 0 Å². The number of nitrogens with one attached hydrogen (secondary N) is 1. The molecule has 0 aromatic rings. The van der Waals surface area contributed by atoms with E-state index < -0.39 is 43.3 Å². The Labute approximate surface area is 303 Å². The van der Waals surface area contributed by atoms with Crippen molar-refractivity contribution in [3.8, 4) is 0 Å². The molecule has 3 unspecified atom stereocenters. The lowest BCUT2D eigenvalue weighted by molar-refractivity contribution is -0.204. The molecule has 1 saturated carbocycles. The SMILES string of the molecule is CCC(C)CC(C)(C)C(=O)OCC(COP(=O)(OCCNC(=O)C1CCC(CN2C(=O)C=CC2=O)CC1)OOC)OC(=O)C(C)(C)CC(C)(C)C. The first kappa shape index (κ1) is 44.5. The quantitative estimate of drug-likeness (QED) is 0.0367. The number of phosphoric ester groups is 1. The fourth-order valence-corrected chi connectivity index (χ4v) is 7.59. The minimum atomic E-state index is -4.39. The van der Waals surface area contributed by atoms with Gasteiger partial charge in [0.1, 0.15) is 6.61 Å². The molecule has 0 aromatic heterocycles. The molecule has 1 aliphatic carbocycles. The summed E-state index contributed by atoms with van der Waals surface area (Å²) >= 11 is 0. The zero-order valence-electron chi connectivity index (χ0n) is 32.2. The predicted octanol–water partition coefficient (Wildman–Crippen LogP) is 5.93. The summed E-state index contributed by atoms with van der Waals surface area (Å²) in [5.74, 6) is -1.66. The van der Waals surface area contributed by atoms with Gasteiger partial charge >= 0.3 is 19.8 Å².